The van der Waals surface area contributed by atoms with Crippen molar-refractivity contribution in [2.24, 2.45) is 0 Å². The Morgan fingerprint density at radius 1 is 1.17 bits per heavy atom. The van der Waals surface area contributed by atoms with E-state index in [9.17, 15) is 5.11 Å². The molecule has 1 atom stereocenters. The minimum atomic E-state index is 0.142. The molecule has 1 aromatic rings. The van der Waals surface area contributed by atoms with E-state index >= 15 is 0 Å². The van der Waals surface area contributed by atoms with Crippen molar-refractivity contribution in [3.05, 3.63) is 34.9 Å². The topological polar surface area (TPSA) is 35.5 Å². The number of aliphatic hydroxyl groups excluding tert-OH is 1. The minimum Gasteiger partial charge on any atom is -0.394 e. The van der Waals surface area contributed by atoms with E-state index in [1.165, 1.54) is 16.7 Å². The molecule has 2 N–H and O–H groups in total. The molecule has 0 aromatic heterocycles. The van der Waals surface area contributed by atoms with E-state index in [1.807, 2.05) is 0 Å². The van der Waals surface area contributed by atoms with Gasteiger partial charge in [0.25, 0.3) is 0 Å². The molecule has 2 rings (SSSR count). The minimum absolute atomic E-state index is 0.142. The molecule has 3 nitrogen and oxygen atoms in total. The van der Waals surface area contributed by atoms with Crippen molar-refractivity contribution in [3.63, 3.8) is 0 Å². The second-order valence-electron chi connectivity index (χ2n) is 5.26. The smallest absolute Gasteiger partial charge is 0.0628 e. The SMILES string of the molecule is Cc1cc(C)cc(C(CO)N2CCCNCC2)c1. The molecule has 100 valence electrons. The molecule has 1 fully saturated rings. The van der Waals surface area contributed by atoms with Crippen LogP contribution < -0.4 is 5.32 Å². The molecule has 1 saturated heterocycles. The lowest BCUT2D eigenvalue weighted by atomic mass is 10.0. The van der Waals surface area contributed by atoms with Crippen molar-refractivity contribution in [1.82, 2.24) is 10.2 Å². The van der Waals surface area contributed by atoms with Crippen molar-refractivity contribution in [2.75, 3.05) is 32.8 Å². The molecule has 0 radical (unpaired) electrons. The Morgan fingerprint density at radius 3 is 2.56 bits per heavy atom. The van der Waals surface area contributed by atoms with Gasteiger partial charge in [-0.25, -0.2) is 0 Å². The lowest BCUT2D eigenvalue weighted by molar-refractivity contribution is 0.130. The number of rotatable bonds is 3. The first kappa shape index (κ1) is 13.5. The summed E-state index contributed by atoms with van der Waals surface area (Å²) >= 11 is 0. The molecule has 0 saturated carbocycles. The monoisotopic (exact) mass is 248 g/mol. The highest BCUT2D eigenvalue weighted by Gasteiger charge is 2.20. The maximum absolute atomic E-state index is 9.74. The zero-order valence-electron chi connectivity index (χ0n) is 11.4. The Labute approximate surface area is 110 Å². The molecule has 1 aromatic carbocycles. The van der Waals surface area contributed by atoms with E-state index in [4.69, 9.17) is 0 Å². The molecule has 18 heavy (non-hydrogen) atoms. The largest absolute Gasteiger partial charge is 0.394 e. The molecular formula is C15H24N2O. The van der Waals surface area contributed by atoms with Gasteiger partial charge in [0.2, 0.25) is 0 Å². The van der Waals surface area contributed by atoms with E-state index in [0.717, 1.165) is 32.6 Å². The van der Waals surface area contributed by atoms with Gasteiger partial charge in [-0.15, -0.1) is 0 Å². The van der Waals surface area contributed by atoms with Gasteiger partial charge in [0.1, 0.15) is 0 Å². The summed E-state index contributed by atoms with van der Waals surface area (Å²) in [5.41, 5.74) is 3.80. The first-order chi connectivity index (χ1) is 8.70. The van der Waals surface area contributed by atoms with Gasteiger partial charge in [-0.1, -0.05) is 29.3 Å². The summed E-state index contributed by atoms with van der Waals surface area (Å²) in [6.45, 7) is 8.61. The summed E-state index contributed by atoms with van der Waals surface area (Å²) in [6, 6.07) is 6.73. The number of nitrogens with zero attached hydrogens (tertiary/aromatic N) is 1. The lowest BCUT2D eigenvalue weighted by Gasteiger charge is -2.29. The van der Waals surface area contributed by atoms with Crippen LogP contribution in [0.5, 0.6) is 0 Å². The van der Waals surface area contributed by atoms with Gasteiger partial charge in [0.15, 0.2) is 0 Å². The van der Waals surface area contributed by atoms with Crippen LogP contribution in [0.4, 0.5) is 0 Å². The predicted octanol–water partition coefficient (Wildman–Crippen LogP) is 1.63. The van der Waals surface area contributed by atoms with Crippen LogP contribution in [-0.2, 0) is 0 Å². The molecule has 0 aliphatic carbocycles. The predicted molar refractivity (Wildman–Crippen MR) is 74.8 cm³/mol. The maximum Gasteiger partial charge on any atom is 0.0628 e. The van der Waals surface area contributed by atoms with Gasteiger partial charge in [0.05, 0.1) is 12.6 Å². The zero-order chi connectivity index (χ0) is 13.0. The number of aryl methyl sites for hydroxylation is 2. The maximum atomic E-state index is 9.74. The lowest BCUT2D eigenvalue weighted by Crippen LogP contribution is -2.34. The van der Waals surface area contributed by atoms with Crippen LogP contribution in [0.25, 0.3) is 0 Å². The fourth-order valence-corrected chi connectivity index (χ4v) is 2.81. The molecule has 1 unspecified atom stereocenters. The number of aliphatic hydroxyl groups is 1. The summed E-state index contributed by atoms with van der Waals surface area (Å²) in [7, 11) is 0. The van der Waals surface area contributed by atoms with Crippen LogP contribution in [0.1, 0.15) is 29.2 Å². The Morgan fingerprint density at radius 2 is 1.89 bits per heavy atom. The van der Waals surface area contributed by atoms with E-state index in [-0.39, 0.29) is 12.6 Å². The van der Waals surface area contributed by atoms with Crippen LogP contribution in [0.2, 0.25) is 0 Å². The Balaban J connectivity index is 2.20. The first-order valence-corrected chi connectivity index (χ1v) is 6.84. The number of benzene rings is 1. The third-order valence-corrected chi connectivity index (χ3v) is 3.62. The van der Waals surface area contributed by atoms with Crippen LogP contribution in [-0.4, -0.2) is 42.8 Å². The van der Waals surface area contributed by atoms with Crippen molar-refractivity contribution in [3.8, 4) is 0 Å². The van der Waals surface area contributed by atoms with Crippen LogP contribution in [0, 0.1) is 13.8 Å². The summed E-state index contributed by atoms with van der Waals surface area (Å²) in [4.78, 5) is 2.40. The van der Waals surface area contributed by atoms with Crippen molar-refractivity contribution >= 4 is 0 Å². The molecule has 3 heteroatoms. The molecule has 0 spiro atoms. The third kappa shape index (κ3) is 3.31. The summed E-state index contributed by atoms with van der Waals surface area (Å²) in [6.07, 6.45) is 1.15. The highest BCUT2D eigenvalue weighted by molar-refractivity contribution is 5.30. The Bertz CT molecular complexity index is 364. The van der Waals surface area contributed by atoms with Gasteiger partial charge >= 0.3 is 0 Å². The third-order valence-electron chi connectivity index (χ3n) is 3.62. The van der Waals surface area contributed by atoms with E-state index in [0.29, 0.717) is 0 Å². The quantitative estimate of drug-likeness (QED) is 0.853. The van der Waals surface area contributed by atoms with Crippen molar-refractivity contribution in [2.45, 2.75) is 26.3 Å². The first-order valence-electron chi connectivity index (χ1n) is 6.84. The van der Waals surface area contributed by atoms with Gasteiger partial charge in [-0.2, -0.15) is 0 Å². The number of nitrogens with one attached hydrogen (secondary N) is 1. The molecule has 0 amide bonds. The van der Waals surface area contributed by atoms with Crippen LogP contribution in [0.3, 0.4) is 0 Å². The summed E-state index contributed by atoms with van der Waals surface area (Å²) in [5.74, 6) is 0. The molecule has 0 bridgehead atoms. The second kappa shape index (κ2) is 6.32. The fourth-order valence-electron chi connectivity index (χ4n) is 2.81. The van der Waals surface area contributed by atoms with E-state index < -0.39 is 0 Å². The highest BCUT2D eigenvalue weighted by Crippen LogP contribution is 2.23. The van der Waals surface area contributed by atoms with E-state index in [1.54, 1.807) is 0 Å². The highest BCUT2D eigenvalue weighted by atomic mass is 16.3. The Kier molecular flexibility index (Phi) is 4.75. The van der Waals surface area contributed by atoms with Crippen LogP contribution in [0.15, 0.2) is 18.2 Å². The van der Waals surface area contributed by atoms with Crippen molar-refractivity contribution < 1.29 is 5.11 Å². The molecule has 1 heterocycles. The van der Waals surface area contributed by atoms with Gasteiger partial charge in [0, 0.05) is 19.6 Å². The van der Waals surface area contributed by atoms with E-state index in [2.05, 4.69) is 42.3 Å². The number of hydrogen-bond donors (Lipinski definition) is 2. The average Bonchev–Trinajstić information content (AvgIpc) is 2.58. The summed E-state index contributed by atoms with van der Waals surface area (Å²) < 4.78 is 0. The van der Waals surface area contributed by atoms with Crippen molar-refractivity contribution in [1.29, 1.82) is 0 Å². The second-order valence-corrected chi connectivity index (χ2v) is 5.26. The summed E-state index contributed by atoms with van der Waals surface area (Å²) in [5, 5.41) is 13.2. The number of hydrogen-bond acceptors (Lipinski definition) is 3. The van der Waals surface area contributed by atoms with Gasteiger partial charge in [-0.05, 0) is 32.4 Å². The van der Waals surface area contributed by atoms with Crippen LogP contribution >= 0.6 is 0 Å². The molecule has 1 aliphatic rings. The van der Waals surface area contributed by atoms with Gasteiger partial charge < -0.3 is 10.4 Å². The Hall–Kier alpha value is -0.900. The standard InChI is InChI=1S/C15H24N2O/c1-12-8-13(2)10-14(9-12)15(11-18)17-6-3-4-16-5-7-17/h8-10,15-16,18H,3-7,11H2,1-2H3. The average molecular weight is 248 g/mol. The normalized spacial score (nSPS) is 19.5. The molecule has 1 aliphatic heterocycles. The fraction of sp³-hybridized carbons (Fsp3) is 0.600. The zero-order valence-corrected chi connectivity index (χ0v) is 11.4. The van der Waals surface area contributed by atoms with Gasteiger partial charge in [-0.3, -0.25) is 4.90 Å². The molecular weight excluding hydrogens is 224 g/mol.